The Morgan fingerprint density at radius 3 is 2.71 bits per heavy atom. The quantitative estimate of drug-likeness (QED) is 0.537. The fourth-order valence-electron chi connectivity index (χ4n) is 3.55. The van der Waals surface area contributed by atoms with Gasteiger partial charge in [0.2, 0.25) is 6.79 Å². The third-order valence-corrected chi connectivity index (χ3v) is 6.72. The van der Waals surface area contributed by atoms with Gasteiger partial charge in [-0.25, -0.2) is 0 Å². The van der Waals surface area contributed by atoms with Crippen LogP contribution >= 0.6 is 24.0 Å². The second kappa shape index (κ2) is 8.31. The zero-order valence-corrected chi connectivity index (χ0v) is 17.9. The monoisotopic (exact) mass is 419 g/mol. The fraction of sp³-hybridized carbons (Fsp3) is 0.500. The highest BCUT2D eigenvalue weighted by atomic mass is 32.2. The number of ether oxygens (including phenoxy) is 2. The summed E-state index contributed by atoms with van der Waals surface area (Å²) in [4.78, 5) is 19.8. The van der Waals surface area contributed by atoms with E-state index in [1.807, 2.05) is 19.2 Å². The van der Waals surface area contributed by atoms with Gasteiger partial charge in [-0.2, -0.15) is 0 Å². The molecule has 3 heterocycles. The molecule has 0 aromatic heterocycles. The molecular weight excluding hydrogens is 394 g/mol. The van der Waals surface area contributed by atoms with Crippen LogP contribution in [0.25, 0.3) is 0 Å². The maximum atomic E-state index is 12.7. The smallest absolute Gasteiger partial charge is 0.267 e. The van der Waals surface area contributed by atoms with Gasteiger partial charge in [0.05, 0.1) is 4.91 Å². The van der Waals surface area contributed by atoms with Gasteiger partial charge in [-0.1, -0.05) is 37.0 Å². The van der Waals surface area contributed by atoms with E-state index in [-0.39, 0.29) is 11.9 Å². The summed E-state index contributed by atoms with van der Waals surface area (Å²) in [5.74, 6) is 1.70. The summed E-state index contributed by atoms with van der Waals surface area (Å²) >= 11 is 6.83. The van der Waals surface area contributed by atoms with Crippen LogP contribution in [0.1, 0.15) is 25.8 Å². The van der Waals surface area contributed by atoms with E-state index in [0.717, 1.165) is 55.5 Å². The van der Waals surface area contributed by atoms with E-state index in [9.17, 15) is 4.79 Å². The molecule has 2 saturated heterocycles. The van der Waals surface area contributed by atoms with Crippen LogP contribution in [0.15, 0.2) is 29.3 Å². The summed E-state index contributed by atoms with van der Waals surface area (Å²) in [6, 6.07) is 6.29. The Bertz CT molecular complexity index is 806. The third kappa shape index (κ3) is 3.99. The van der Waals surface area contributed by atoms with Crippen molar-refractivity contribution < 1.29 is 14.3 Å². The maximum absolute atomic E-state index is 12.7. The lowest BCUT2D eigenvalue weighted by atomic mass is 10.1. The molecule has 1 atom stereocenters. The number of carbonyl (C=O) groups is 1. The standard InChI is InChI=1S/C20H25N3O3S2/c1-3-14(2)23-19(24)18(28-20(23)27)12-22-8-6-21(7-9-22)11-15-4-5-16-17(10-15)26-13-25-16/h4-5,10,12,14H,3,6-9,11,13H2,1-2H3/b18-12-/t14-/m1/s1. The van der Waals surface area contributed by atoms with Crippen LogP contribution in [-0.2, 0) is 11.3 Å². The molecule has 0 spiro atoms. The Morgan fingerprint density at radius 2 is 1.96 bits per heavy atom. The number of nitrogens with zero attached hydrogens (tertiary/aromatic N) is 3. The summed E-state index contributed by atoms with van der Waals surface area (Å²) < 4.78 is 11.5. The number of rotatable bonds is 5. The number of thiocarbonyl (C=S) groups is 1. The number of thioether (sulfide) groups is 1. The highest BCUT2D eigenvalue weighted by Crippen LogP contribution is 2.34. The van der Waals surface area contributed by atoms with Gasteiger partial charge in [0.1, 0.15) is 4.32 Å². The van der Waals surface area contributed by atoms with Crippen molar-refractivity contribution in [3.63, 3.8) is 0 Å². The molecule has 2 fully saturated rings. The summed E-state index contributed by atoms with van der Waals surface area (Å²) in [6.07, 6.45) is 2.90. The highest BCUT2D eigenvalue weighted by Gasteiger charge is 2.35. The molecule has 0 bridgehead atoms. The van der Waals surface area contributed by atoms with Gasteiger partial charge < -0.3 is 14.4 Å². The van der Waals surface area contributed by atoms with E-state index in [4.69, 9.17) is 21.7 Å². The number of amides is 1. The number of hydrogen-bond donors (Lipinski definition) is 0. The second-order valence-electron chi connectivity index (χ2n) is 7.29. The molecule has 1 amide bonds. The molecule has 0 radical (unpaired) electrons. The lowest BCUT2D eigenvalue weighted by molar-refractivity contribution is -0.123. The first-order valence-electron chi connectivity index (χ1n) is 9.67. The molecule has 6 nitrogen and oxygen atoms in total. The van der Waals surface area contributed by atoms with Crippen LogP contribution in [0.3, 0.4) is 0 Å². The predicted molar refractivity (Wildman–Crippen MR) is 114 cm³/mol. The zero-order chi connectivity index (χ0) is 19.7. The molecule has 0 aliphatic carbocycles. The van der Waals surface area contributed by atoms with E-state index < -0.39 is 0 Å². The molecule has 28 heavy (non-hydrogen) atoms. The predicted octanol–water partition coefficient (Wildman–Crippen LogP) is 3.03. The van der Waals surface area contributed by atoms with Crippen LogP contribution in [0, 0.1) is 0 Å². The molecule has 1 aromatic rings. The molecule has 0 unspecified atom stereocenters. The van der Waals surface area contributed by atoms with Crippen molar-refractivity contribution >= 4 is 34.2 Å². The van der Waals surface area contributed by atoms with Gasteiger partial charge in [-0.15, -0.1) is 0 Å². The van der Waals surface area contributed by atoms with Gasteiger partial charge >= 0.3 is 0 Å². The molecule has 150 valence electrons. The number of carbonyl (C=O) groups excluding carboxylic acids is 1. The minimum Gasteiger partial charge on any atom is -0.454 e. The summed E-state index contributed by atoms with van der Waals surface area (Å²) in [6.45, 7) is 9.03. The van der Waals surface area contributed by atoms with Crippen molar-refractivity contribution in [1.29, 1.82) is 0 Å². The molecule has 0 N–H and O–H groups in total. The van der Waals surface area contributed by atoms with Crippen LogP contribution < -0.4 is 9.47 Å². The first-order chi connectivity index (χ1) is 13.5. The van der Waals surface area contributed by atoms with Gasteiger partial charge in [-0.3, -0.25) is 14.6 Å². The molecule has 3 aliphatic rings. The zero-order valence-electron chi connectivity index (χ0n) is 16.2. The lowest BCUT2D eigenvalue weighted by Gasteiger charge is -2.34. The van der Waals surface area contributed by atoms with Gasteiger partial charge in [0.25, 0.3) is 5.91 Å². The molecule has 8 heteroatoms. The minimum absolute atomic E-state index is 0.0483. The lowest BCUT2D eigenvalue weighted by Crippen LogP contribution is -2.43. The van der Waals surface area contributed by atoms with E-state index in [0.29, 0.717) is 11.1 Å². The molecule has 4 rings (SSSR count). The number of piperazine rings is 1. The van der Waals surface area contributed by atoms with Crippen LogP contribution in [0.4, 0.5) is 0 Å². The van der Waals surface area contributed by atoms with E-state index in [1.54, 1.807) is 4.90 Å². The first kappa shape index (κ1) is 19.5. The number of benzene rings is 1. The molecular formula is C20H25N3O3S2. The summed E-state index contributed by atoms with van der Waals surface area (Å²) in [5, 5.41) is 0. The largest absolute Gasteiger partial charge is 0.454 e. The molecule has 3 aliphatic heterocycles. The van der Waals surface area contributed by atoms with Crippen molar-refractivity contribution in [2.24, 2.45) is 0 Å². The normalized spacial score (nSPS) is 22.4. The van der Waals surface area contributed by atoms with Crippen molar-refractivity contribution in [2.45, 2.75) is 32.9 Å². The average Bonchev–Trinajstić information content (AvgIpc) is 3.26. The van der Waals surface area contributed by atoms with Crippen molar-refractivity contribution in [3.05, 3.63) is 34.9 Å². The van der Waals surface area contributed by atoms with E-state index >= 15 is 0 Å². The van der Waals surface area contributed by atoms with E-state index in [1.165, 1.54) is 17.3 Å². The van der Waals surface area contributed by atoms with Crippen molar-refractivity contribution in [2.75, 3.05) is 33.0 Å². The van der Waals surface area contributed by atoms with Crippen LogP contribution in [0.5, 0.6) is 11.5 Å². The van der Waals surface area contributed by atoms with Gasteiger partial charge in [-0.05, 0) is 31.0 Å². The number of fused-ring (bicyclic) bond motifs is 1. The van der Waals surface area contributed by atoms with E-state index in [2.05, 4.69) is 28.9 Å². The molecule has 0 saturated carbocycles. The SMILES string of the molecule is CC[C@@H](C)N1C(=O)/C(=C/N2CCN(Cc3ccc4c(c3)OCO4)CC2)SC1=S. The average molecular weight is 420 g/mol. The van der Waals surface area contributed by atoms with Crippen LogP contribution in [0.2, 0.25) is 0 Å². The Labute approximate surface area is 175 Å². The summed E-state index contributed by atoms with van der Waals surface area (Å²) in [5.41, 5.74) is 1.23. The van der Waals surface area contributed by atoms with Crippen molar-refractivity contribution in [1.82, 2.24) is 14.7 Å². The third-order valence-electron chi connectivity index (χ3n) is 5.41. The number of hydrogen-bond acceptors (Lipinski definition) is 7. The highest BCUT2D eigenvalue weighted by molar-refractivity contribution is 8.26. The van der Waals surface area contributed by atoms with Crippen LogP contribution in [-0.4, -0.2) is 63.9 Å². The summed E-state index contributed by atoms with van der Waals surface area (Å²) in [7, 11) is 0. The van der Waals surface area contributed by atoms with Crippen molar-refractivity contribution in [3.8, 4) is 11.5 Å². The Morgan fingerprint density at radius 1 is 1.21 bits per heavy atom. The molecule has 1 aromatic carbocycles. The minimum atomic E-state index is 0.0483. The maximum Gasteiger partial charge on any atom is 0.267 e. The Balaban J connectivity index is 1.32. The topological polar surface area (TPSA) is 45.3 Å². The van der Waals surface area contributed by atoms with Gasteiger partial charge in [0, 0.05) is 45.0 Å². The first-order valence-corrected chi connectivity index (χ1v) is 10.9. The Kier molecular flexibility index (Phi) is 5.80. The Hall–Kier alpha value is -1.77. The second-order valence-corrected chi connectivity index (χ2v) is 8.97. The van der Waals surface area contributed by atoms with Gasteiger partial charge in [0.15, 0.2) is 11.5 Å². The fourth-order valence-corrected chi connectivity index (χ4v) is 5.02.